The molecule has 5 nitrogen and oxygen atoms in total. The first kappa shape index (κ1) is 11.4. The SMILES string of the molecule is N#Cc1ccnc(N2CCN3CCCCC3C2)n1. The van der Waals surface area contributed by atoms with Crippen LogP contribution in [0.25, 0.3) is 0 Å². The van der Waals surface area contributed by atoms with Gasteiger partial charge in [0.15, 0.2) is 0 Å². The number of piperidine rings is 1. The van der Waals surface area contributed by atoms with Crippen LogP contribution in [-0.2, 0) is 0 Å². The maximum absolute atomic E-state index is 8.88. The van der Waals surface area contributed by atoms with Crippen molar-refractivity contribution in [2.45, 2.75) is 25.3 Å². The Balaban J connectivity index is 1.75. The molecule has 0 spiro atoms. The van der Waals surface area contributed by atoms with Crippen LogP contribution in [0.4, 0.5) is 5.95 Å². The fraction of sp³-hybridized carbons (Fsp3) is 0.615. The topological polar surface area (TPSA) is 56.1 Å². The predicted molar refractivity (Wildman–Crippen MR) is 68.2 cm³/mol. The lowest BCUT2D eigenvalue weighted by Gasteiger charge is -2.43. The van der Waals surface area contributed by atoms with Gasteiger partial charge in [0, 0.05) is 31.9 Å². The van der Waals surface area contributed by atoms with E-state index in [-0.39, 0.29) is 0 Å². The second-order valence-electron chi connectivity index (χ2n) is 4.99. The minimum atomic E-state index is 0.450. The number of nitrogens with zero attached hydrogens (tertiary/aromatic N) is 5. The minimum Gasteiger partial charge on any atom is -0.338 e. The van der Waals surface area contributed by atoms with E-state index in [0.29, 0.717) is 17.7 Å². The molecule has 2 aliphatic heterocycles. The summed E-state index contributed by atoms with van der Waals surface area (Å²) in [6.07, 6.45) is 5.60. The molecule has 1 aromatic rings. The van der Waals surface area contributed by atoms with Crippen LogP contribution in [0.1, 0.15) is 25.0 Å². The molecule has 1 unspecified atom stereocenters. The van der Waals surface area contributed by atoms with Crippen molar-refractivity contribution in [3.8, 4) is 6.07 Å². The van der Waals surface area contributed by atoms with Gasteiger partial charge in [-0.05, 0) is 25.5 Å². The molecule has 2 saturated heterocycles. The van der Waals surface area contributed by atoms with Crippen LogP contribution >= 0.6 is 0 Å². The summed E-state index contributed by atoms with van der Waals surface area (Å²) >= 11 is 0. The Morgan fingerprint density at radius 2 is 2.22 bits per heavy atom. The number of piperazine rings is 1. The third kappa shape index (κ3) is 2.16. The van der Waals surface area contributed by atoms with Crippen LogP contribution < -0.4 is 4.90 Å². The third-order valence-electron chi connectivity index (χ3n) is 3.88. The number of hydrogen-bond donors (Lipinski definition) is 0. The zero-order valence-corrected chi connectivity index (χ0v) is 10.4. The van der Waals surface area contributed by atoms with Crippen LogP contribution in [0, 0.1) is 11.3 Å². The average molecular weight is 243 g/mol. The standard InChI is InChI=1S/C13H17N5/c14-9-11-4-5-15-13(16-11)18-8-7-17-6-2-1-3-12(17)10-18/h4-5,12H,1-3,6-8,10H2. The zero-order valence-electron chi connectivity index (χ0n) is 10.4. The van der Waals surface area contributed by atoms with Gasteiger partial charge in [-0.2, -0.15) is 5.26 Å². The van der Waals surface area contributed by atoms with Gasteiger partial charge in [0.25, 0.3) is 0 Å². The van der Waals surface area contributed by atoms with Crippen molar-refractivity contribution in [1.29, 1.82) is 5.26 Å². The molecule has 5 heteroatoms. The van der Waals surface area contributed by atoms with Crippen LogP contribution in [0.15, 0.2) is 12.3 Å². The van der Waals surface area contributed by atoms with Gasteiger partial charge in [0.1, 0.15) is 11.8 Å². The number of hydrogen-bond acceptors (Lipinski definition) is 5. The number of rotatable bonds is 1. The first-order valence-electron chi connectivity index (χ1n) is 6.59. The summed E-state index contributed by atoms with van der Waals surface area (Å²) < 4.78 is 0. The Kier molecular flexibility index (Phi) is 3.11. The first-order valence-corrected chi connectivity index (χ1v) is 6.59. The predicted octanol–water partition coefficient (Wildman–Crippen LogP) is 1.02. The van der Waals surface area contributed by atoms with Crippen LogP contribution in [0.3, 0.4) is 0 Å². The maximum Gasteiger partial charge on any atom is 0.226 e. The summed E-state index contributed by atoms with van der Waals surface area (Å²) in [6.45, 7) is 4.28. The fourth-order valence-electron chi connectivity index (χ4n) is 2.90. The molecule has 3 rings (SSSR count). The molecule has 0 aromatic carbocycles. The molecule has 2 fully saturated rings. The van der Waals surface area contributed by atoms with Gasteiger partial charge in [-0.15, -0.1) is 0 Å². The Labute approximate surface area is 107 Å². The molecular weight excluding hydrogens is 226 g/mol. The van der Waals surface area contributed by atoms with E-state index in [0.717, 1.165) is 19.6 Å². The molecule has 0 radical (unpaired) electrons. The highest BCUT2D eigenvalue weighted by Crippen LogP contribution is 2.22. The maximum atomic E-state index is 8.88. The highest BCUT2D eigenvalue weighted by molar-refractivity contribution is 5.34. The normalized spacial score (nSPS) is 24.4. The molecule has 1 atom stereocenters. The van der Waals surface area contributed by atoms with Crippen LogP contribution in [0.5, 0.6) is 0 Å². The van der Waals surface area contributed by atoms with E-state index in [2.05, 4.69) is 25.8 Å². The molecule has 0 saturated carbocycles. The summed E-state index contributed by atoms with van der Waals surface area (Å²) in [6, 6.07) is 4.37. The number of fused-ring (bicyclic) bond motifs is 1. The number of anilines is 1. The molecule has 18 heavy (non-hydrogen) atoms. The van der Waals surface area contributed by atoms with Gasteiger partial charge in [0.05, 0.1) is 0 Å². The van der Waals surface area contributed by atoms with Gasteiger partial charge in [-0.3, -0.25) is 4.90 Å². The quantitative estimate of drug-likeness (QED) is 0.737. The lowest BCUT2D eigenvalue weighted by Crippen LogP contribution is -2.55. The molecule has 94 valence electrons. The molecule has 3 heterocycles. The monoisotopic (exact) mass is 243 g/mol. The van der Waals surface area contributed by atoms with Crippen molar-refractivity contribution < 1.29 is 0 Å². The van der Waals surface area contributed by atoms with Crippen molar-refractivity contribution in [1.82, 2.24) is 14.9 Å². The van der Waals surface area contributed by atoms with E-state index in [9.17, 15) is 0 Å². The largest absolute Gasteiger partial charge is 0.338 e. The highest BCUT2D eigenvalue weighted by Gasteiger charge is 2.29. The molecule has 0 aliphatic carbocycles. The van der Waals surface area contributed by atoms with Crippen LogP contribution in [0.2, 0.25) is 0 Å². The smallest absolute Gasteiger partial charge is 0.226 e. The summed E-state index contributed by atoms with van der Waals surface area (Å²) in [5.41, 5.74) is 0.450. The summed E-state index contributed by atoms with van der Waals surface area (Å²) in [7, 11) is 0. The van der Waals surface area contributed by atoms with Crippen molar-refractivity contribution in [2.75, 3.05) is 31.1 Å². The van der Waals surface area contributed by atoms with E-state index in [1.54, 1.807) is 12.3 Å². The fourth-order valence-corrected chi connectivity index (χ4v) is 2.90. The van der Waals surface area contributed by atoms with Crippen molar-refractivity contribution in [3.63, 3.8) is 0 Å². The van der Waals surface area contributed by atoms with E-state index >= 15 is 0 Å². The van der Waals surface area contributed by atoms with Crippen molar-refractivity contribution >= 4 is 5.95 Å². The van der Waals surface area contributed by atoms with Crippen LogP contribution in [-0.4, -0.2) is 47.1 Å². The van der Waals surface area contributed by atoms with E-state index < -0.39 is 0 Å². The van der Waals surface area contributed by atoms with E-state index in [1.165, 1.54) is 25.8 Å². The molecular formula is C13H17N5. The van der Waals surface area contributed by atoms with Gasteiger partial charge in [0.2, 0.25) is 5.95 Å². The van der Waals surface area contributed by atoms with Crippen molar-refractivity contribution in [2.24, 2.45) is 0 Å². The zero-order chi connectivity index (χ0) is 12.4. The molecule has 0 N–H and O–H groups in total. The second kappa shape index (κ2) is 4.91. The van der Waals surface area contributed by atoms with Crippen molar-refractivity contribution in [3.05, 3.63) is 18.0 Å². The van der Waals surface area contributed by atoms with E-state index in [4.69, 9.17) is 5.26 Å². The lowest BCUT2D eigenvalue weighted by atomic mass is 10.00. The first-order chi connectivity index (χ1) is 8.86. The van der Waals surface area contributed by atoms with Gasteiger partial charge >= 0.3 is 0 Å². The van der Waals surface area contributed by atoms with Gasteiger partial charge in [-0.1, -0.05) is 6.42 Å². The summed E-state index contributed by atoms with van der Waals surface area (Å²) in [5.74, 6) is 0.708. The lowest BCUT2D eigenvalue weighted by molar-refractivity contribution is 0.133. The molecule has 0 bridgehead atoms. The second-order valence-corrected chi connectivity index (χ2v) is 4.99. The number of aromatic nitrogens is 2. The Morgan fingerprint density at radius 3 is 3.11 bits per heavy atom. The molecule has 1 aromatic heterocycles. The van der Waals surface area contributed by atoms with E-state index in [1.807, 2.05) is 0 Å². The Bertz CT molecular complexity index is 467. The average Bonchev–Trinajstić information content (AvgIpc) is 2.47. The highest BCUT2D eigenvalue weighted by atomic mass is 15.3. The van der Waals surface area contributed by atoms with Gasteiger partial charge in [-0.25, -0.2) is 9.97 Å². The molecule has 2 aliphatic rings. The molecule has 0 amide bonds. The number of nitriles is 1. The van der Waals surface area contributed by atoms with Gasteiger partial charge < -0.3 is 4.90 Å². The third-order valence-corrected chi connectivity index (χ3v) is 3.88. The minimum absolute atomic E-state index is 0.450. The Morgan fingerprint density at radius 1 is 1.28 bits per heavy atom. The Hall–Kier alpha value is -1.67. The summed E-state index contributed by atoms with van der Waals surface area (Å²) in [5, 5.41) is 8.88. The summed E-state index contributed by atoms with van der Waals surface area (Å²) in [4.78, 5) is 13.4.